The predicted molar refractivity (Wildman–Crippen MR) is 48.3 cm³/mol. The topological polar surface area (TPSA) is 44.5 Å². The van der Waals surface area contributed by atoms with Gasteiger partial charge < -0.3 is 15.2 Å². The van der Waals surface area contributed by atoms with Crippen LogP contribution in [0.15, 0.2) is 0 Å². The minimum Gasteiger partial charge on any atom is -0.354 e. The highest BCUT2D eigenvalue weighted by Gasteiger charge is 2.29. The Hall–Kier alpha value is 0.0300. The van der Waals surface area contributed by atoms with E-state index in [2.05, 4.69) is 0 Å². The normalized spacial score (nSPS) is 14.1. The van der Waals surface area contributed by atoms with Gasteiger partial charge in [0, 0.05) is 20.6 Å². The Balaban J connectivity index is 0. The summed E-state index contributed by atoms with van der Waals surface area (Å²) in [6, 6.07) is -0.806. The Morgan fingerprint density at radius 3 is 1.92 bits per heavy atom. The molecule has 0 spiro atoms. The van der Waals surface area contributed by atoms with Gasteiger partial charge in [-0.2, -0.15) is 0 Å². The van der Waals surface area contributed by atoms with Crippen molar-refractivity contribution in [1.29, 1.82) is 0 Å². The summed E-state index contributed by atoms with van der Waals surface area (Å²) in [5.41, 5.74) is 5.40. The fourth-order valence-corrected chi connectivity index (χ4v) is 0.956. The number of rotatable bonds is 5. The molecule has 1 atom stereocenters. The highest BCUT2D eigenvalue weighted by atomic mass is 35.5. The van der Waals surface area contributed by atoms with Gasteiger partial charge in [-0.15, -0.1) is 12.4 Å². The zero-order chi connectivity index (χ0) is 9.78. The molecule has 0 aliphatic heterocycles. The van der Waals surface area contributed by atoms with Gasteiger partial charge in [-0.05, 0) is 6.92 Å². The first-order valence-electron chi connectivity index (χ1n) is 3.59. The van der Waals surface area contributed by atoms with Crippen molar-refractivity contribution in [3.8, 4) is 0 Å². The molecule has 2 N–H and O–H groups in total. The summed E-state index contributed by atoms with van der Waals surface area (Å²) >= 11 is 0. The molecule has 82 valence electrons. The summed E-state index contributed by atoms with van der Waals surface area (Å²) in [7, 11) is 2.73. The van der Waals surface area contributed by atoms with E-state index in [9.17, 15) is 8.78 Å². The molecule has 0 saturated carbocycles. The molecule has 0 bridgehead atoms. The fraction of sp³-hybridized carbons (Fsp3) is 1.00. The number of ether oxygens (including phenoxy) is 2. The van der Waals surface area contributed by atoms with Gasteiger partial charge in [0.25, 0.3) is 0 Å². The number of methoxy groups -OCH3 is 2. The summed E-state index contributed by atoms with van der Waals surface area (Å²) in [4.78, 5) is 0. The van der Waals surface area contributed by atoms with Crippen molar-refractivity contribution in [2.45, 2.75) is 31.6 Å². The van der Waals surface area contributed by atoms with E-state index in [1.54, 1.807) is 0 Å². The van der Waals surface area contributed by atoms with Gasteiger partial charge in [-0.3, -0.25) is 0 Å². The van der Waals surface area contributed by atoms with E-state index in [0.29, 0.717) is 0 Å². The van der Waals surface area contributed by atoms with Crippen LogP contribution in [0.3, 0.4) is 0 Å². The highest BCUT2D eigenvalue weighted by Crippen LogP contribution is 2.20. The van der Waals surface area contributed by atoms with Gasteiger partial charge in [0.1, 0.15) is 0 Å². The lowest BCUT2D eigenvalue weighted by atomic mass is 10.1. The minimum atomic E-state index is -2.78. The van der Waals surface area contributed by atoms with Crippen molar-refractivity contribution >= 4 is 12.4 Å². The molecule has 0 aromatic rings. The van der Waals surface area contributed by atoms with Crippen LogP contribution < -0.4 is 5.73 Å². The maximum absolute atomic E-state index is 12.4. The van der Waals surface area contributed by atoms with E-state index < -0.39 is 24.7 Å². The van der Waals surface area contributed by atoms with Crippen molar-refractivity contribution in [2.24, 2.45) is 5.73 Å². The van der Waals surface area contributed by atoms with Crippen molar-refractivity contribution in [2.75, 3.05) is 14.2 Å². The lowest BCUT2D eigenvalue weighted by molar-refractivity contribution is -0.131. The van der Waals surface area contributed by atoms with Crippen LogP contribution >= 0.6 is 12.4 Å². The molecule has 0 radical (unpaired) electrons. The monoisotopic (exact) mass is 219 g/mol. The van der Waals surface area contributed by atoms with Crippen LogP contribution in [0.25, 0.3) is 0 Å². The number of halogens is 3. The number of nitrogens with two attached hydrogens (primary N) is 1. The van der Waals surface area contributed by atoms with Crippen molar-refractivity contribution < 1.29 is 18.3 Å². The molecule has 0 aliphatic carbocycles. The maximum Gasteiger partial charge on any atom is 0.247 e. The fourth-order valence-electron chi connectivity index (χ4n) is 0.956. The van der Waals surface area contributed by atoms with E-state index >= 15 is 0 Å². The lowest BCUT2D eigenvalue weighted by Crippen LogP contribution is -2.41. The van der Waals surface area contributed by atoms with Crippen LogP contribution in [0.5, 0.6) is 0 Å². The van der Waals surface area contributed by atoms with Crippen LogP contribution in [-0.4, -0.2) is 32.5 Å². The van der Waals surface area contributed by atoms with Crippen LogP contribution in [0.2, 0.25) is 0 Å². The second kappa shape index (κ2) is 6.48. The van der Waals surface area contributed by atoms with Gasteiger partial charge >= 0.3 is 0 Å². The van der Waals surface area contributed by atoms with Gasteiger partial charge in [0.05, 0.1) is 6.04 Å². The Labute approximate surface area is 83.0 Å². The molecule has 0 heterocycles. The van der Waals surface area contributed by atoms with Gasteiger partial charge in [-0.25, -0.2) is 8.78 Å². The Morgan fingerprint density at radius 2 is 1.69 bits per heavy atom. The Kier molecular flexibility index (Phi) is 7.72. The first-order chi connectivity index (χ1) is 5.40. The smallest absolute Gasteiger partial charge is 0.247 e. The van der Waals surface area contributed by atoms with Gasteiger partial charge in [0.2, 0.25) is 5.92 Å². The first kappa shape index (κ1) is 15.5. The third-order valence-electron chi connectivity index (χ3n) is 1.41. The molecule has 0 aliphatic rings. The molecule has 0 amide bonds. The molecule has 3 nitrogen and oxygen atoms in total. The molecule has 0 fully saturated rings. The number of alkyl halides is 2. The van der Waals surface area contributed by atoms with Crippen LogP contribution in [0.4, 0.5) is 8.78 Å². The standard InChI is InChI=1S/C7H15F2NO2.ClH/c1-7(8,9)4-5(10)6(11-2)12-3;/h5-6H,4,10H2,1-3H3;1H. The molecule has 0 aromatic carbocycles. The van der Waals surface area contributed by atoms with E-state index in [0.717, 1.165) is 6.92 Å². The van der Waals surface area contributed by atoms with Crippen LogP contribution in [0, 0.1) is 0 Å². The second-order valence-corrected chi connectivity index (χ2v) is 2.78. The molecule has 0 aromatic heterocycles. The van der Waals surface area contributed by atoms with Crippen LogP contribution in [0.1, 0.15) is 13.3 Å². The third kappa shape index (κ3) is 7.13. The number of hydrogen-bond donors (Lipinski definition) is 1. The maximum atomic E-state index is 12.4. The van der Waals surface area contributed by atoms with E-state index in [1.807, 2.05) is 0 Å². The summed E-state index contributed by atoms with van der Waals surface area (Å²) in [5, 5.41) is 0. The summed E-state index contributed by atoms with van der Waals surface area (Å²) < 4.78 is 34.3. The van der Waals surface area contributed by atoms with Crippen molar-refractivity contribution in [3.63, 3.8) is 0 Å². The zero-order valence-corrected chi connectivity index (χ0v) is 8.74. The molecule has 6 heteroatoms. The van der Waals surface area contributed by atoms with Crippen molar-refractivity contribution in [1.82, 2.24) is 0 Å². The molecule has 0 rings (SSSR count). The van der Waals surface area contributed by atoms with E-state index in [1.165, 1.54) is 14.2 Å². The predicted octanol–water partition coefficient (Wildman–Crippen LogP) is 1.40. The molecular weight excluding hydrogens is 204 g/mol. The van der Waals surface area contributed by atoms with Gasteiger partial charge in [0.15, 0.2) is 6.29 Å². The largest absolute Gasteiger partial charge is 0.354 e. The first-order valence-corrected chi connectivity index (χ1v) is 3.59. The minimum absolute atomic E-state index is 0. The summed E-state index contributed by atoms with van der Waals surface area (Å²) in [5.74, 6) is -2.78. The van der Waals surface area contributed by atoms with E-state index in [4.69, 9.17) is 15.2 Å². The van der Waals surface area contributed by atoms with Crippen LogP contribution in [-0.2, 0) is 9.47 Å². The average Bonchev–Trinajstić information content (AvgIpc) is 1.85. The SMILES string of the molecule is COC(OC)C(N)CC(C)(F)F.Cl. The quantitative estimate of drug-likeness (QED) is 0.711. The van der Waals surface area contributed by atoms with E-state index in [-0.39, 0.29) is 12.4 Å². The molecule has 13 heavy (non-hydrogen) atoms. The third-order valence-corrected chi connectivity index (χ3v) is 1.41. The van der Waals surface area contributed by atoms with Crippen molar-refractivity contribution in [3.05, 3.63) is 0 Å². The Morgan fingerprint density at radius 1 is 1.31 bits per heavy atom. The van der Waals surface area contributed by atoms with Gasteiger partial charge in [-0.1, -0.05) is 0 Å². The summed E-state index contributed by atoms with van der Waals surface area (Å²) in [6.45, 7) is 0.815. The summed E-state index contributed by atoms with van der Waals surface area (Å²) in [6.07, 6.45) is -1.21. The number of hydrogen-bond acceptors (Lipinski definition) is 3. The Bertz CT molecular complexity index is 128. The molecular formula is C7H16ClF2NO2. The lowest BCUT2D eigenvalue weighted by Gasteiger charge is -2.23. The average molecular weight is 220 g/mol. The molecule has 1 unspecified atom stereocenters. The second-order valence-electron chi connectivity index (χ2n) is 2.78. The zero-order valence-electron chi connectivity index (χ0n) is 7.92. The molecule has 0 saturated heterocycles. The highest BCUT2D eigenvalue weighted by molar-refractivity contribution is 5.85.